The first kappa shape index (κ1) is 13.8. The Bertz CT molecular complexity index is 282. The van der Waals surface area contributed by atoms with Crippen molar-refractivity contribution in [1.82, 2.24) is 4.90 Å². The summed E-state index contributed by atoms with van der Waals surface area (Å²) in [6.45, 7) is 2.09. The van der Waals surface area contributed by atoms with Crippen molar-refractivity contribution in [1.29, 1.82) is 0 Å². The summed E-state index contributed by atoms with van der Waals surface area (Å²) in [5.74, 6) is 0.785. The van der Waals surface area contributed by atoms with Crippen molar-refractivity contribution in [3.05, 3.63) is 0 Å². The summed E-state index contributed by atoms with van der Waals surface area (Å²) >= 11 is 0. The molecule has 2 rings (SSSR count). The molecule has 0 atom stereocenters. The van der Waals surface area contributed by atoms with Gasteiger partial charge in [-0.05, 0) is 31.6 Å². The highest BCUT2D eigenvalue weighted by atomic mass is 16.5. The van der Waals surface area contributed by atoms with E-state index in [-0.39, 0.29) is 5.91 Å². The fraction of sp³-hybridized carbons (Fsp3) is 0.929. The number of amides is 1. The molecule has 1 saturated carbocycles. The van der Waals surface area contributed by atoms with E-state index in [1.54, 1.807) is 0 Å². The van der Waals surface area contributed by atoms with Crippen molar-refractivity contribution in [2.24, 2.45) is 11.7 Å². The van der Waals surface area contributed by atoms with Gasteiger partial charge in [-0.2, -0.15) is 0 Å². The van der Waals surface area contributed by atoms with Crippen molar-refractivity contribution < 1.29 is 9.53 Å². The molecule has 2 fully saturated rings. The highest BCUT2D eigenvalue weighted by Gasteiger charge is 2.38. The van der Waals surface area contributed by atoms with Crippen LogP contribution >= 0.6 is 0 Å². The topological polar surface area (TPSA) is 55.6 Å². The lowest BCUT2D eigenvalue weighted by Gasteiger charge is -2.37. The number of carbonyl (C=O) groups is 1. The van der Waals surface area contributed by atoms with Gasteiger partial charge in [0.25, 0.3) is 0 Å². The summed E-state index contributed by atoms with van der Waals surface area (Å²) < 4.78 is 5.29. The number of hydrogen-bond donors (Lipinski definition) is 1. The quantitative estimate of drug-likeness (QED) is 0.831. The standard InChI is InChI=1S/C14H26N2O2/c1-16(11-12-5-3-2-4-6-12)13(17)14(15)7-9-18-10-8-14/h12H,2-11,15H2,1H3. The first-order valence-electron chi connectivity index (χ1n) is 7.24. The van der Waals surface area contributed by atoms with E-state index in [4.69, 9.17) is 10.5 Å². The predicted molar refractivity (Wildman–Crippen MR) is 71.2 cm³/mol. The summed E-state index contributed by atoms with van der Waals surface area (Å²) in [5.41, 5.74) is 5.56. The zero-order valence-electron chi connectivity index (χ0n) is 11.5. The lowest BCUT2D eigenvalue weighted by molar-refractivity contribution is -0.139. The van der Waals surface area contributed by atoms with Crippen LogP contribution < -0.4 is 5.73 Å². The molecule has 1 aliphatic carbocycles. The Balaban J connectivity index is 1.86. The number of nitrogens with two attached hydrogens (primary N) is 1. The molecule has 4 heteroatoms. The van der Waals surface area contributed by atoms with Crippen LogP contribution in [0.2, 0.25) is 0 Å². The first-order valence-corrected chi connectivity index (χ1v) is 7.24. The third-order valence-corrected chi connectivity index (χ3v) is 4.41. The number of carbonyl (C=O) groups excluding carboxylic acids is 1. The molecule has 0 radical (unpaired) electrons. The first-order chi connectivity index (χ1) is 8.62. The minimum atomic E-state index is -0.679. The molecule has 1 heterocycles. The summed E-state index contributed by atoms with van der Waals surface area (Å²) in [4.78, 5) is 14.3. The number of hydrogen-bond acceptors (Lipinski definition) is 3. The largest absolute Gasteiger partial charge is 0.381 e. The second kappa shape index (κ2) is 6.02. The second-order valence-corrected chi connectivity index (χ2v) is 5.96. The average molecular weight is 254 g/mol. The SMILES string of the molecule is CN(CC1CCCCC1)C(=O)C1(N)CCOCC1. The van der Waals surface area contributed by atoms with E-state index in [1.165, 1.54) is 32.1 Å². The molecule has 104 valence electrons. The lowest BCUT2D eigenvalue weighted by atomic mass is 9.87. The number of ether oxygens (including phenoxy) is 1. The maximum atomic E-state index is 12.4. The van der Waals surface area contributed by atoms with Crippen molar-refractivity contribution in [2.45, 2.75) is 50.5 Å². The second-order valence-electron chi connectivity index (χ2n) is 5.96. The van der Waals surface area contributed by atoms with Crippen LogP contribution in [0.15, 0.2) is 0 Å². The van der Waals surface area contributed by atoms with Crippen molar-refractivity contribution >= 4 is 5.91 Å². The van der Waals surface area contributed by atoms with E-state index in [2.05, 4.69) is 0 Å². The summed E-state index contributed by atoms with van der Waals surface area (Å²) in [6.07, 6.45) is 7.81. The van der Waals surface area contributed by atoms with Crippen LogP contribution in [0.25, 0.3) is 0 Å². The fourth-order valence-electron chi connectivity index (χ4n) is 3.17. The molecule has 2 N–H and O–H groups in total. The monoisotopic (exact) mass is 254 g/mol. The third-order valence-electron chi connectivity index (χ3n) is 4.41. The van der Waals surface area contributed by atoms with Gasteiger partial charge in [-0.15, -0.1) is 0 Å². The van der Waals surface area contributed by atoms with Gasteiger partial charge in [-0.3, -0.25) is 4.79 Å². The van der Waals surface area contributed by atoms with E-state index >= 15 is 0 Å². The molecule has 18 heavy (non-hydrogen) atoms. The number of likely N-dealkylation sites (N-methyl/N-ethyl adjacent to an activating group) is 1. The van der Waals surface area contributed by atoms with Gasteiger partial charge in [0, 0.05) is 26.8 Å². The lowest BCUT2D eigenvalue weighted by Crippen LogP contribution is -2.57. The van der Waals surface area contributed by atoms with Gasteiger partial charge in [0.05, 0.1) is 5.54 Å². The van der Waals surface area contributed by atoms with Crippen LogP contribution in [-0.2, 0) is 9.53 Å². The molecular weight excluding hydrogens is 228 g/mol. The van der Waals surface area contributed by atoms with E-state index in [1.807, 2.05) is 11.9 Å². The number of rotatable bonds is 3. The fourth-order valence-corrected chi connectivity index (χ4v) is 3.17. The van der Waals surface area contributed by atoms with Crippen LogP contribution in [0.4, 0.5) is 0 Å². The van der Waals surface area contributed by atoms with Crippen LogP contribution in [0.5, 0.6) is 0 Å². The maximum absolute atomic E-state index is 12.4. The van der Waals surface area contributed by atoms with Gasteiger partial charge in [-0.25, -0.2) is 0 Å². The zero-order chi connectivity index (χ0) is 13.0. The smallest absolute Gasteiger partial charge is 0.242 e. The van der Waals surface area contributed by atoms with Gasteiger partial charge in [0.1, 0.15) is 0 Å². The van der Waals surface area contributed by atoms with Gasteiger partial charge in [-0.1, -0.05) is 19.3 Å². The Morgan fingerprint density at radius 2 is 1.89 bits per heavy atom. The van der Waals surface area contributed by atoms with E-state index in [9.17, 15) is 4.79 Å². The Labute approximate surface area is 110 Å². The van der Waals surface area contributed by atoms with Crippen molar-refractivity contribution in [2.75, 3.05) is 26.8 Å². The summed E-state index contributed by atoms with van der Waals surface area (Å²) in [7, 11) is 1.90. The van der Waals surface area contributed by atoms with Gasteiger partial charge < -0.3 is 15.4 Å². The maximum Gasteiger partial charge on any atom is 0.242 e. The molecular formula is C14H26N2O2. The molecule has 1 saturated heterocycles. The Morgan fingerprint density at radius 3 is 2.50 bits per heavy atom. The number of nitrogens with zero attached hydrogens (tertiary/aromatic N) is 1. The van der Waals surface area contributed by atoms with Gasteiger partial charge in [0.2, 0.25) is 5.91 Å². The van der Waals surface area contributed by atoms with Crippen LogP contribution in [0.3, 0.4) is 0 Å². The Hall–Kier alpha value is -0.610. The molecule has 1 aliphatic heterocycles. The molecule has 0 aromatic carbocycles. The van der Waals surface area contributed by atoms with Crippen LogP contribution in [0.1, 0.15) is 44.9 Å². The molecule has 0 unspecified atom stereocenters. The molecule has 4 nitrogen and oxygen atoms in total. The summed E-state index contributed by atoms with van der Waals surface area (Å²) in [6, 6.07) is 0. The van der Waals surface area contributed by atoms with Gasteiger partial charge >= 0.3 is 0 Å². The van der Waals surface area contributed by atoms with Gasteiger partial charge in [0.15, 0.2) is 0 Å². The van der Waals surface area contributed by atoms with E-state index in [0.29, 0.717) is 32.0 Å². The Morgan fingerprint density at radius 1 is 1.28 bits per heavy atom. The summed E-state index contributed by atoms with van der Waals surface area (Å²) in [5, 5.41) is 0. The van der Waals surface area contributed by atoms with Crippen LogP contribution in [0, 0.1) is 5.92 Å². The molecule has 0 aromatic rings. The normalized spacial score (nSPS) is 24.8. The molecule has 0 aromatic heterocycles. The molecule has 2 aliphatic rings. The van der Waals surface area contributed by atoms with E-state index in [0.717, 1.165) is 6.54 Å². The minimum absolute atomic E-state index is 0.108. The highest BCUT2D eigenvalue weighted by Crippen LogP contribution is 2.26. The van der Waals surface area contributed by atoms with Crippen LogP contribution in [-0.4, -0.2) is 43.2 Å². The average Bonchev–Trinajstić information content (AvgIpc) is 2.40. The molecule has 0 bridgehead atoms. The van der Waals surface area contributed by atoms with Crippen molar-refractivity contribution in [3.63, 3.8) is 0 Å². The molecule has 1 amide bonds. The molecule has 0 spiro atoms. The predicted octanol–water partition coefficient (Wildman–Crippen LogP) is 1.53. The van der Waals surface area contributed by atoms with Crippen molar-refractivity contribution in [3.8, 4) is 0 Å². The Kier molecular flexibility index (Phi) is 4.62. The third kappa shape index (κ3) is 3.23. The highest BCUT2D eigenvalue weighted by molar-refractivity contribution is 5.86. The van der Waals surface area contributed by atoms with E-state index < -0.39 is 5.54 Å². The minimum Gasteiger partial charge on any atom is -0.381 e. The zero-order valence-corrected chi connectivity index (χ0v) is 11.5.